The Labute approximate surface area is 279 Å². The molecule has 0 aliphatic carbocycles. The fourth-order valence-electron chi connectivity index (χ4n) is 6.44. The maximum absolute atomic E-state index is 13.1. The van der Waals surface area contributed by atoms with Crippen LogP contribution in [0.1, 0.15) is 75.8 Å². The molecule has 2 aliphatic heterocycles. The van der Waals surface area contributed by atoms with Crippen molar-refractivity contribution in [3.05, 3.63) is 90.8 Å². The first-order valence-electron chi connectivity index (χ1n) is 16.4. The summed E-state index contributed by atoms with van der Waals surface area (Å²) in [6, 6.07) is 11.5. The number of imidazole rings is 2. The highest BCUT2D eigenvalue weighted by Gasteiger charge is 2.35. The second-order valence-corrected chi connectivity index (χ2v) is 13.4. The summed E-state index contributed by atoms with van der Waals surface area (Å²) in [4.78, 5) is 59.0. The molecule has 6 heterocycles. The van der Waals surface area contributed by atoms with Crippen LogP contribution in [0, 0.1) is 0 Å². The highest BCUT2D eigenvalue weighted by Crippen LogP contribution is 2.34. The Kier molecular flexibility index (Phi) is 8.47. The molecule has 2 fully saturated rings. The first kappa shape index (κ1) is 31.2. The minimum Gasteiger partial charge on any atom is -0.444 e. The maximum atomic E-state index is 13.1. The predicted molar refractivity (Wildman–Crippen MR) is 179 cm³/mol. The lowest BCUT2D eigenvalue weighted by Gasteiger charge is -2.27. The zero-order valence-corrected chi connectivity index (χ0v) is 27.4. The average Bonchev–Trinajstić information content (AvgIpc) is 3.91. The number of hydrogen-bond acceptors (Lipinski definition) is 8. The molecule has 2 aliphatic rings. The number of carbonyl (C=O) groups excluding carboxylic acids is 2. The number of nitrogens with one attached hydrogen (secondary N) is 2. The molecule has 2 atom stereocenters. The minimum absolute atomic E-state index is 0.0776. The van der Waals surface area contributed by atoms with Gasteiger partial charge in [-0.05, 0) is 63.6 Å². The topological polar surface area (TPSA) is 146 Å². The lowest BCUT2D eigenvalue weighted by atomic mass is 10.1. The highest BCUT2D eigenvalue weighted by atomic mass is 16.6. The van der Waals surface area contributed by atoms with Gasteiger partial charge in [0.15, 0.2) is 5.82 Å². The maximum Gasteiger partial charge on any atom is 0.410 e. The molecule has 4 aromatic heterocycles. The number of rotatable bonds is 7. The molecule has 7 rings (SSSR count). The molecule has 0 radical (unpaired) electrons. The molecule has 0 bridgehead atoms. The molecule has 12 nitrogen and oxygen atoms in total. The number of nitrogens with zero attached hydrogens (tertiary/aromatic N) is 7. The normalized spacial score (nSPS) is 18.0. The van der Waals surface area contributed by atoms with E-state index in [4.69, 9.17) is 4.74 Å². The predicted octanol–water partition coefficient (Wildman–Crippen LogP) is 6.30. The molecule has 0 spiro atoms. The van der Waals surface area contributed by atoms with Crippen LogP contribution in [0.4, 0.5) is 4.79 Å². The average molecular weight is 646 g/mol. The molecule has 0 saturated carbocycles. The number of aromatic amines is 2. The van der Waals surface area contributed by atoms with Crippen molar-refractivity contribution >= 4 is 12.0 Å². The van der Waals surface area contributed by atoms with E-state index in [-0.39, 0.29) is 24.1 Å². The van der Waals surface area contributed by atoms with E-state index in [0.717, 1.165) is 71.0 Å². The number of H-pyrrole nitrogens is 2. The molecule has 0 unspecified atom stereocenters. The Bertz CT molecular complexity index is 1880. The molecule has 2 amide bonds. The molecular formula is C36H39N9O3. The van der Waals surface area contributed by atoms with E-state index in [1.807, 2.05) is 62.1 Å². The van der Waals surface area contributed by atoms with Crippen LogP contribution < -0.4 is 0 Å². The van der Waals surface area contributed by atoms with Gasteiger partial charge < -0.3 is 19.6 Å². The van der Waals surface area contributed by atoms with Crippen LogP contribution in [0.5, 0.6) is 0 Å². The number of likely N-dealkylation sites (tertiary alicyclic amines) is 2. The van der Waals surface area contributed by atoms with E-state index in [1.165, 1.54) is 0 Å². The van der Waals surface area contributed by atoms with E-state index >= 15 is 0 Å². The lowest BCUT2D eigenvalue weighted by molar-refractivity contribution is -0.131. The van der Waals surface area contributed by atoms with Crippen LogP contribution in [0.25, 0.3) is 33.9 Å². The van der Waals surface area contributed by atoms with Gasteiger partial charge in [-0.2, -0.15) is 0 Å². The van der Waals surface area contributed by atoms with Crippen molar-refractivity contribution in [2.45, 2.75) is 70.6 Å². The van der Waals surface area contributed by atoms with Crippen molar-refractivity contribution in [2.75, 3.05) is 13.1 Å². The number of aromatic nitrogens is 7. The Morgan fingerprint density at radius 3 is 2.00 bits per heavy atom. The van der Waals surface area contributed by atoms with Gasteiger partial charge in [-0.3, -0.25) is 14.7 Å². The van der Waals surface area contributed by atoms with Gasteiger partial charge in [-0.25, -0.2) is 24.7 Å². The van der Waals surface area contributed by atoms with E-state index in [9.17, 15) is 9.59 Å². The molecule has 12 heteroatoms. The summed E-state index contributed by atoms with van der Waals surface area (Å²) in [5.41, 5.74) is 4.71. The van der Waals surface area contributed by atoms with Crippen molar-refractivity contribution in [1.82, 2.24) is 44.7 Å². The van der Waals surface area contributed by atoms with Crippen LogP contribution in [-0.4, -0.2) is 75.4 Å². The quantitative estimate of drug-likeness (QED) is 0.210. The zero-order chi connectivity index (χ0) is 33.3. The van der Waals surface area contributed by atoms with Crippen LogP contribution >= 0.6 is 0 Å². The number of pyridine rings is 1. The standard InChI is InChI=1S/C36H39N9O3/c1-36(2,3)48-35(47)45-16-6-9-30(45)34-40-21-27(42-34)24-10-12-25(13-11-24)32-38-19-26(20-39-32)28-22-41-33(43-28)29-8-5-15-44(29)31(46)17-23-7-4-14-37-18-23/h4,7,10-14,18-22,29-30H,5-6,8-9,15-17H2,1-3H3,(H,40,42)(H,41,43)/t29-,30-/m0/s1. The van der Waals surface area contributed by atoms with E-state index in [2.05, 4.69) is 34.9 Å². The SMILES string of the molecule is CC(C)(C)OC(=O)N1CCC[C@H]1c1ncc(-c2ccc(-c3ncc(-c4cnc([C@@H]5CCCN5C(=O)Cc5cccnc5)[nH]4)cn3)cc2)[nH]1. The lowest BCUT2D eigenvalue weighted by Crippen LogP contribution is -2.36. The summed E-state index contributed by atoms with van der Waals surface area (Å²) >= 11 is 0. The molecule has 2 saturated heterocycles. The molecule has 48 heavy (non-hydrogen) atoms. The van der Waals surface area contributed by atoms with Gasteiger partial charge in [-0.1, -0.05) is 30.3 Å². The largest absolute Gasteiger partial charge is 0.444 e. The second-order valence-electron chi connectivity index (χ2n) is 13.4. The van der Waals surface area contributed by atoms with Crippen molar-refractivity contribution in [3.8, 4) is 33.9 Å². The highest BCUT2D eigenvalue weighted by molar-refractivity contribution is 5.79. The fraction of sp³-hybridized carbons (Fsp3) is 0.361. The third-order valence-corrected chi connectivity index (χ3v) is 8.77. The molecule has 5 aromatic rings. The fourth-order valence-corrected chi connectivity index (χ4v) is 6.44. The van der Waals surface area contributed by atoms with Crippen molar-refractivity contribution < 1.29 is 14.3 Å². The Morgan fingerprint density at radius 2 is 1.38 bits per heavy atom. The van der Waals surface area contributed by atoms with Gasteiger partial charge in [0.1, 0.15) is 17.2 Å². The summed E-state index contributed by atoms with van der Waals surface area (Å²) in [6.07, 6.45) is 14.2. The van der Waals surface area contributed by atoms with E-state index in [1.54, 1.807) is 42.1 Å². The zero-order valence-electron chi connectivity index (χ0n) is 27.4. The van der Waals surface area contributed by atoms with Crippen LogP contribution in [0.15, 0.2) is 73.6 Å². The minimum atomic E-state index is -0.547. The summed E-state index contributed by atoms with van der Waals surface area (Å²) in [5, 5.41) is 0. The first-order chi connectivity index (χ1) is 23.2. The number of amides is 2. The van der Waals surface area contributed by atoms with Gasteiger partial charge in [0.05, 0.1) is 42.3 Å². The Hall–Kier alpha value is -5.39. The number of hydrogen-bond donors (Lipinski definition) is 2. The van der Waals surface area contributed by atoms with Gasteiger partial charge in [0.25, 0.3) is 0 Å². The van der Waals surface area contributed by atoms with Crippen LogP contribution in [0.2, 0.25) is 0 Å². The molecular weight excluding hydrogens is 606 g/mol. The summed E-state index contributed by atoms with van der Waals surface area (Å²) in [7, 11) is 0. The number of carbonyl (C=O) groups is 2. The Morgan fingerprint density at radius 1 is 0.771 bits per heavy atom. The van der Waals surface area contributed by atoms with Gasteiger partial charge in [0.2, 0.25) is 5.91 Å². The van der Waals surface area contributed by atoms with Gasteiger partial charge in [0, 0.05) is 49.0 Å². The monoisotopic (exact) mass is 645 g/mol. The van der Waals surface area contributed by atoms with Gasteiger partial charge >= 0.3 is 6.09 Å². The summed E-state index contributed by atoms with van der Waals surface area (Å²) < 4.78 is 5.62. The molecule has 1 aromatic carbocycles. The third-order valence-electron chi connectivity index (χ3n) is 8.77. The Balaban J connectivity index is 0.998. The second kappa shape index (κ2) is 13.0. The van der Waals surface area contributed by atoms with Gasteiger partial charge in [-0.15, -0.1) is 0 Å². The van der Waals surface area contributed by atoms with E-state index in [0.29, 0.717) is 25.3 Å². The first-order valence-corrected chi connectivity index (χ1v) is 16.4. The van der Waals surface area contributed by atoms with Crippen molar-refractivity contribution in [2.24, 2.45) is 0 Å². The summed E-state index contributed by atoms with van der Waals surface area (Å²) in [6.45, 7) is 6.99. The van der Waals surface area contributed by atoms with Crippen LogP contribution in [-0.2, 0) is 16.0 Å². The van der Waals surface area contributed by atoms with Crippen LogP contribution in [0.3, 0.4) is 0 Å². The smallest absolute Gasteiger partial charge is 0.410 e. The van der Waals surface area contributed by atoms with E-state index < -0.39 is 5.60 Å². The third kappa shape index (κ3) is 6.69. The number of ether oxygens (including phenoxy) is 1. The molecule has 246 valence electrons. The van der Waals surface area contributed by atoms with Crippen molar-refractivity contribution in [3.63, 3.8) is 0 Å². The molecule has 2 N–H and O–H groups in total. The van der Waals surface area contributed by atoms with Crippen molar-refractivity contribution in [1.29, 1.82) is 0 Å². The summed E-state index contributed by atoms with van der Waals surface area (Å²) in [5.74, 6) is 2.22. The number of benzene rings is 1.